The summed E-state index contributed by atoms with van der Waals surface area (Å²) in [6.07, 6.45) is 1.36. The van der Waals surface area contributed by atoms with Gasteiger partial charge in [0, 0.05) is 17.5 Å². The fourth-order valence-corrected chi connectivity index (χ4v) is 1.93. The molecule has 0 spiro atoms. The van der Waals surface area contributed by atoms with Gasteiger partial charge in [0.25, 0.3) is 5.91 Å². The van der Waals surface area contributed by atoms with Crippen molar-refractivity contribution in [2.75, 3.05) is 0 Å². The van der Waals surface area contributed by atoms with E-state index in [1.807, 2.05) is 25.1 Å². The van der Waals surface area contributed by atoms with Crippen molar-refractivity contribution in [3.63, 3.8) is 0 Å². The van der Waals surface area contributed by atoms with Gasteiger partial charge < -0.3 is 14.8 Å². The minimum atomic E-state index is -0.427. The number of carbonyl (C=O) groups excluding carboxylic acids is 2. The van der Waals surface area contributed by atoms with Gasteiger partial charge in [-0.1, -0.05) is 25.1 Å². The van der Waals surface area contributed by atoms with Crippen LogP contribution in [-0.4, -0.2) is 18.3 Å². The van der Waals surface area contributed by atoms with Crippen LogP contribution in [0.3, 0.4) is 0 Å². The number of rotatable bonds is 5. The van der Waals surface area contributed by atoms with Gasteiger partial charge in [0.05, 0.1) is 6.10 Å². The summed E-state index contributed by atoms with van der Waals surface area (Å²) in [7, 11) is 0. The molecule has 0 aliphatic carbocycles. The highest BCUT2D eigenvalue weighted by atomic mass is 16.5. The number of fused-ring (bicyclic) bond motifs is 1. The first-order chi connectivity index (χ1) is 8.26. The molecule has 1 unspecified atom stereocenters. The van der Waals surface area contributed by atoms with E-state index in [-0.39, 0.29) is 12.0 Å². The zero-order valence-electron chi connectivity index (χ0n) is 9.68. The van der Waals surface area contributed by atoms with Crippen molar-refractivity contribution in [2.24, 2.45) is 0 Å². The summed E-state index contributed by atoms with van der Waals surface area (Å²) in [5, 5.41) is 2.77. The molecule has 0 saturated heterocycles. The Kier molecular flexibility index (Phi) is 3.54. The molecule has 17 heavy (non-hydrogen) atoms. The summed E-state index contributed by atoms with van der Waals surface area (Å²) >= 11 is 0. The second-order valence-corrected chi connectivity index (χ2v) is 4.01. The van der Waals surface area contributed by atoms with E-state index in [4.69, 9.17) is 4.74 Å². The van der Waals surface area contributed by atoms with Crippen molar-refractivity contribution in [3.05, 3.63) is 35.4 Å². The SMILES string of the molecule is CC[C@@H](CC=O)OC1NC(=O)c2ccccc21. The zero-order valence-corrected chi connectivity index (χ0v) is 9.68. The minimum absolute atomic E-state index is 0.119. The van der Waals surface area contributed by atoms with Crippen molar-refractivity contribution >= 4 is 12.2 Å². The first kappa shape index (κ1) is 11.8. The van der Waals surface area contributed by atoms with E-state index in [9.17, 15) is 9.59 Å². The summed E-state index contributed by atoms with van der Waals surface area (Å²) in [6.45, 7) is 1.96. The predicted molar refractivity (Wildman–Crippen MR) is 62.5 cm³/mol. The fourth-order valence-electron chi connectivity index (χ4n) is 1.93. The number of hydrogen-bond donors (Lipinski definition) is 1. The van der Waals surface area contributed by atoms with E-state index in [1.54, 1.807) is 6.07 Å². The third-order valence-corrected chi connectivity index (χ3v) is 2.89. The summed E-state index contributed by atoms with van der Waals surface area (Å²) in [5.41, 5.74) is 1.50. The fraction of sp³-hybridized carbons (Fsp3) is 0.385. The van der Waals surface area contributed by atoms with Gasteiger partial charge in [-0.3, -0.25) is 4.79 Å². The summed E-state index contributed by atoms with van der Waals surface area (Å²) in [4.78, 5) is 22.1. The lowest BCUT2D eigenvalue weighted by Crippen LogP contribution is -2.26. The van der Waals surface area contributed by atoms with Gasteiger partial charge in [-0.05, 0) is 12.5 Å². The van der Waals surface area contributed by atoms with Crippen LogP contribution in [0.4, 0.5) is 0 Å². The van der Waals surface area contributed by atoms with Crippen molar-refractivity contribution in [1.29, 1.82) is 0 Å². The molecular weight excluding hydrogens is 218 g/mol. The Morgan fingerprint density at radius 1 is 1.47 bits per heavy atom. The molecular formula is C13H15NO3. The van der Waals surface area contributed by atoms with E-state index in [1.165, 1.54) is 0 Å². The average Bonchev–Trinajstić information content (AvgIpc) is 2.66. The quantitative estimate of drug-likeness (QED) is 0.789. The van der Waals surface area contributed by atoms with Crippen LogP contribution >= 0.6 is 0 Å². The molecule has 1 N–H and O–H groups in total. The Morgan fingerprint density at radius 2 is 2.24 bits per heavy atom. The molecule has 4 heteroatoms. The smallest absolute Gasteiger partial charge is 0.253 e. The Balaban J connectivity index is 2.14. The normalized spacial score (nSPS) is 19.6. The lowest BCUT2D eigenvalue weighted by molar-refractivity contribution is -0.112. The first-order valence-electron chi connectivity index (χ1n) is 5.75. The molecule has 0 bridgehead atoms. The van der Waals surface area contributed by atoms with Crippen LogP contribution in [0.25, 0.3) is 0 Å². The van der Waals surface area contributed by atoms with Crippen molar-refractivity contribution in [3.8, 4) is 0 Å². The van der Waals surface area contributed by atoms with Gasteiger partial charge in [-0.25, -0.2) is 0 Å². The summed E-state index contributed by atoms with van der Waals surface area (Å²) in [5.74, 6) is -0.119. The molecule has 1 heterocycles. The highest BCUT2D eigenvalue weighted by molar-refractivity contribution is 5.98. The standard InChI is InChI=1S/C13H15NO3/c1-2-9(7-8-15)17-13-11-6-4-3-5-10(11)12(16)14-13/h3-6,8-9,13H,2,7H2,1H3,(H,14,16)/t9-,13?/m0/s1. The van der Waals surface area contributed by atoms with E-state index in [0.29, 0.717) is 12.0 Å². The molecule has 1 aliphatic heterocycles. The summed E-state index contributed by atoms with van der Waals surface area (Å²) in [6, 6.07) is 7.33. The highest BCUT2D eigenvalue weighted by Crippen LogP contribution is 2.27. The monoisotopic (exact) mass is 233 g/mol. The molecule has 2 rings (SSSR count). The van der Waals surface area contributed by atoms with Crippen LogP contribution < -0.4 is 5.32 Å². The lowest BCUT2D eigenvalue weighted by atomic mass is 10.1. The Morgan fingerprint density at radius 3 is 2.94 bits per heavy atom. The number of benzene rings is 1. The van der Waals surface area contributed by atoms with E-state index in [2.05, 4.69) is 5.32 Å². The largest absolute Gasteiger partial charge is 0.350 e. The number of ether oxygens (including phenoxy) is 1. The highest BCUT2D eigenvalue weighted by Gasteiger charge is 2.30. The van der Waals surface area contributed by atoms with Gasteiger partial charge in [0.15, 0.2) is 6.23 Å². The summed E-state index contributed by atoms with van der Waals surface area (Å²) < 4.78 is 5.73. The second kappa shape index (κ2) is 5.10. The maximum Gasteiger partial charge on any atom is 0.253 e. The van der Waals surface area contributed by atoms with Crippen LogP contribution in [0.15, 0.2) is 24.3 Å². The molecule has 0 saturated carbocycles. The lowest BCUT2D eigenvalue weighted by Gasteiger charge is -2.19. The number of hydrogen-bond acceptors (Lipinski definition) is 3. The predicted octanol–water partition coefficient (Wildman–Crippen LogP) is 1.81. The number of carbonyl (C=O) groups is 2. The molecule has 1 amide bonds. The van der Waals surface area contributed by atoms with Crippen molar-refractivity contribution < 1.29 is 14.3 Å². The molecule has 4 nitrogen and oxygen atoms in total. The Bertz CT molecular complexity index is 430. The van der Waals surface area contributed by atoms with Gasteiger partial charge in [-0.2, -0.15) is 0 Å². The zero-order chi connectivity index (χ0) is 12.3. The average molecular weight is 233 g/mol. The third kappa shape index (κ3) is 2.36. The molecule has 0 fully saturated rings. The van der Waals surface area contributed by atoms with Crippen molar-refractivity contribution in [1.82, 2.24) is 5.32 Å². The van der Waals surface area contributed by atoms with Gasteiger partial charge >= 0.3 is 0 Å². The van der Waals surface area contributed by atoms with E-state index >= 15 is 0 Å². The molecule has 0 radical (unpaired) electrons. The van der Waals surface area contributed by atoms with E-state index < -0.39 is 6.23 Å². The van der Waals surface area contributed by atoms with Crippen LogP contribution in [0.5, 0.6) is 0 Å². The molecule has 1 aliphatic rings. The maximum atomic E-state index is 11.6. The van der Waals surface area contributed by atoms with Crippen LogP contribution in [0.1, 0.15) is 41.9 Å². The van der Waals surface area contributed by atoms with Gasteiger partial charge in [0.1, 0.15) is 6.29 Å². The minimum Gasteiger partial charge on any atom is -0.350 e. The van der Waals surface area contributed by atoms with Crippen molar-refractivity contribution in [2.45, 2.75) is 32.1 Å². The Labute approximate surface area is 100.0 Å². The van der Waals surface area contributed by atoms with E-state index in [0.717, 1.165) is 18.3 Å². The molecule has 0 aromatic heterocycles. The van der Waals surface area contributed by atoms with Gasteiger partial charge in [-0.15, -0.1) is 0 Å². The van der Waals surface area contributed by atoms with Crippen LogP contribution in [-0.2, 0) is 9.53 Å². The number of amides is 1. The Hall–Kier alpha value is -1.68. The maximum absolute atomic E-state index is 11.6. The molecule has 1 aromatic rings. The molecule has 2 atom stereocenters. The van der Waals surface area contributed by atoms with Crippen LogP contribution in [0, 0.1) is 0 Å². The number of nitrogens with one attached hydrogen (secondary N) is 1. The third-order valence-electron chi connectivity index (χ3n) is 2.89. The molecule has 1 aromatic carbocycles. The van der Waals surface area contributed by atoms with Crippen LogP contribution in [0.2, 0.25) is 0 Å². The topological polar surface area (TPSA) is 55.4 Å². The van der Waals surface area contributed by atoms with Gasteiger partial charge in [0.2, 0.25) is 0 Å². The first-order valence-corrected chi connectivity index (χ1v) is 5.75. The number of aldehydes is 1. The second-order valence-electron chi connectivity index (χ2n) is 4.01. The molecule has 90 valence electrons.